The lowest BCUT2D eigenvalue weighted by atomic mass is 9.49. The molecule has 2 amide bonds. The van der Waals surface area contributed by atoms with Gasteiger partial charge in [-0.25, -0.2) is 0 Å². The van der Waals surface area contributed by atoms with Crippen LogP contribution in [0.25, 0.3) is 0 Å². The Hall–Kier alpha value is -1.89. The first-order valence-corrected chi connectivity index (χ1v) is 11.5. The molecule has 0 spiro atoms. The van der Waals surface area contributed by atoms with Crippen LogP contribution < -0.4 is 10.6 Å². The van der Waals surface area contributed by atoms with Gasteiger partial charge in [0.15, 0.2) is 6.10 Å². The van der Waals surface area contributed by atoms with Crippen molar-refractivity contribution < 1.29 is 19.1 Å². The van der Waals surface area contributed by atoms with Gasteiger partial charge in [-0.2, -0.15) is 0 Å². The number of carbonyl (C=O) groups is 3. The Balaban J connectivity index is 1.30. The Labute approximate surface area is 185 Å². The number of hydrogen-bond acceptors (Lipinski definition) is 4. The summed E-state index contributed by atoms with van der Waals surface area (Å²) in [5.41, 5.74) is 1.26. The molecule has 30 heavy (non-hydrogen) atoms. The third kappa shape index (κ3) is 4.71. The van der Waals surface area contributed by atoms with Crippen molar-refractivity contribution in [3.63, 3.8) is 0 Å². The molecule has 0 aromatic heterocycles. The Morgan fingerprint density at radius 2 is 1.63 bits per heavy atom. The van der Waals surface area contributed by atoms with Crippen LogP contribution in [0.4, 0.5) is 11.4 Å². The molecular formula is C23H29BrN2O4. The summed E-state index contributed by atoms with van der Waals surface area (Å²) in [6.45, 7) is 3.04. The van der Waals surface area contributed by atoms with Crippen molar-refractivity contribution in [3.05, 3.63) is 24.3 Å². The van der Waals surface area contributed by atoms with Crippen molar-refractivity contribution in [2.24, 2.45) is 17.3 Å². The minimum absolute atomic E-state index is 0.0282. The maximum atomic E-state index is 12.7. The van der Waals surface area contributed by atoms with Crippen LogP contribution >= 0.6 is 15.9 Å². The van der Waals surface area contributed by atoms with E-state index in [1.54, 1.807) is 31.2 Å². The van der Waals surface area contributed by atoms with Crippen LogP contribution in [-0.2, 0) is 19.1 Å². The monoisotopic (exact) mass is 476 g/mol. The molecule has 4 aliphatic carbocycles. The van der Waals surface area contributed by atoms with Gasteiger partial charge < -0.3 is 15.4 Å². The van der Waals surface area contributed by atoms with Gasteiger partial charge in [0.25, 0.3) is 5.91 Å². The second-order valence-corrected chi connectivity index (χ2v) is 11.4. The molecule has 4 fully saturated rings. The highest BCUT2D eigenvalue weighted by molar-refractivity contribution is 9.10. The number of benzene rings is 1. The lowest BCUT2D eigenvalue weighted by molar-refractivity contribution is -0.159. The molecule has 1 aromatic rings. The topological polar surface area (TPSA) is 84.5 Å². The van der Waals surface area contributed by atoms with Gasteiger partial charge in [0.05, 0.1) is 6.42 Å². The van der Waals surface area contributed by atoms with Gasteiger partial charge in [0, 0.05) is 22.6 Å². The van der Waals surface area contributed by atoms with E-state index in [4.69, 9.17) is 4.74 Å². The fourth-order valence-electron chi connectivity index (χ4n) is 6.23. The van der Waals surface area contributed by atoms with Crippen LogP contribution in [0, 0.1) is 17.3 Å². The second-order valence-electron chi connectivity index (χ2n) is 9.67. The van der Waals surface area contributed by atoms with Gasteiger partial charge in [-0.05, 0) is 87.0 Å². The zero-order valence-corrected chi connectivity index (χ0v) is 19.1. The minimum Gasteiger partial charge on any atom is -0.453 e. The maximum Gasteiger partial charge on any atom is 0.307 e. The summed E-state index contributed by atoms with van der Waals surface area (Å²) in [6, 6.07) is 6.80. The zero-order valence-electron chi connectivity index (χ0n) is 17.5. The standard InChI is InChI=1S/C23H29BrN2O4/c1-14(21(29)26-19-5-3-18(4-6-19)25-15(2)27)30-20(28)12-22-8-16-7-17(9-22)11-23(24,10-16)13-22/h3-6,14,16-17H,7-13H2,1-2H3,(H,25,27)(H,26,29)/t14-,16+,17+,22?,23?/m0/s1. The van der Waals surface area contributed by atoms with Gasteiger partial charge >= 0.3 is 5.97 Å². The average molecular weight is 477 g/mol. The lowest BCUT2D eigenvalue weighted by Gasteiger charge is -2.60. The van der Waals surface area contributed by atoms with Crippen molar-refractivity contribution in [2.75, 3.05) is 10.6 Å². The maximum absolute atomic E-state index is 12.7. The van der Waals surface area contributed by atoms with E-state index in [0.29, 0.717) is 29.6 Å². The number of anilines is 2. The van der Waals surface area contributed by atoms with Gasteiger partial charge in [0.2, 0.25) is 5.91 Å². The summed E-state index contributed by atoms with van der Waals surface area (Å²) in [7, 11) is 0. The third-order valence-electron chi connectivity index (χ3n) is 6.78. The van der Waals surface area contributed by atoms with Crippen molar-refractivity contribution in [3.8, 4) is 0 Å². The first kappa shape index (κ1) is 21.3. The van der Waals surface area contributed by atoms with Gasteiger partial charge in [0.1, 0.15) is 0 Å². The molecule has 1 aromatic carbocycles. The fourth-order valence-corrected chi connectivity index (χ4v) is 7.74. The van der Waals surface area contributed by atoms with Gasteiger partial charge in [-0.15, -0.1) is 0 Å². The first-order valence-electron chi connectivity index (χ1n) is 10.7. The van der Waals surface area contributed by atoms with E-state index < -0.39 is 6.10 Å². The number of halogens is 1. The molecule has 3 atom stereocenters. The molecule has 6 nitrogen and oxygen atoms in total. The molecule has 7 heteroatoms. The van der Waals surface area contributed by atoms with Crippen molar-refractivity contribution in [2.45, 2.75) is 69.2 Å². The number of hydrogen-bond donors (Lipinski definition) is 2. The molecule has 2 N–H and O–H groups in total. The highest BCUT2D eigenvalue weighted by Gasteiger charge is 2.57. The van der Waals surface area contributed by atoms with E-state index in [0.717, 1.165) is 19.3 Å². The Kier molecular flexibility index (Phi) is 5.68. The van der Waals surface area contributed by atoms with Crippen molar-refractivity contribution >= 4 is 45.1 Å². The van der Waals surface area contributed by atoms with Crippen LogP contribution in [0.2, 0.25) is 0 Å². The predicted molar refractivity (Wildman–Crippen MR) is 118 cm³/mol. The van der Waals surface area contributed by atoms with E-state index >= 15 is 0 Å². The molecule has 5 rings (SSSR count). The highest BCUT2D eigenvalue weighted by atomic mass is 79.9. The van der Waals surface area contributed by atoms with E-state index in [-0.39, 0.29) is 27.5 Å². The highest BCUT2D eigenvalue weighted by Crippen LogP contribution is 2.65. The predicted octanol–water partition coefficient (Wildman–Crippen LogP) is 4.64. The smallest absolute Gasteiger partial charge is 0.307 e. The quantitative estimate of drug-likeness (QED) is 0.462. The average Bonchev–Trinajstić information content (AvgIpc) is 2.60. The second kappa shape index (κ2) is 7.98. The molecule has 0 radical (unpaired) electrons. The first-order chi connectivity index (χ1) is 14.1. The molecule has 4 aliphatic rings. The van der Waals surface area contributed by atoms with E-state index in [1.165, 1.54) is 26.2 Å². The van der Waals surface area contributed by atoms with E-state index in [9.17, 15) is 14.4 Å². The number of nitrogens with one attached hydrogen (secondary N) is 2. The molecule has 0 aliphatic heterocycles. The van der Waals surface area contributed by atoms with Gasteiger partial charge in [-0.3, -0.25) is 14.4 Å². The fraction of sp³-hybridized carbons (Fsp3) is 0.609. The Morgan fingerprint density at radius 1 is 1.07 bits per heavy atom. The van der Waals surface area contributed by atoms with Crippen molar-refractivity contribution in [1.82, 2.24) is 0 Å². The van der Waals surface area contributed by atoms with Crippen LogP contribution in [0.15, 0.2) is 24.3 Å². The largest absolute Gasteiger partial charge is 0.453 e. The van der Waals surface area contributed by atoms with Crippen molar-refractivity contribution in [1.29, 1.82) is 0 Å². The van der Waals surface area contributed by atoms with Gasteiger partial charge in [-0.1, -0.05) is 15.9 Å². The summed E-state index contributed by atoms with van der Waals surface area (Å²) in [5.74, 6) is 0.617. The summed E-state index contributed by atoms with van der Waals surface area (Å²) >= 11 is 3.97. The summed E-state index contributed by atoms with van der Waals surface area (Å²) in [5, 5.41) is 5.43. The Morgan fingerprint density at radius 3 is 2.17 bits per heavy atom. The number of alkyl halides is 1. The van der Waals surface area contributed by atoms with Crippen LogP contribution in [-0.4, -0.2) is 28.2 Å². The third-order valence-corrected chi connectivity index (χ3v) is 7.71. The molecular weight excluding hydrogens is 448 g/mol. The molecule has 4 bridgehead atoms. The molecule has 4 saturated carbocycles. The number of ether oxygens (including phenoxy) is 1. The Bertz CT molecular complexity index is 839. The number of esters is 1. The zero-order chi connectivity index (χ0) is 21.5. The minimum atomic E-state index is -0.862. The molecule has 0 heterocycles. The van der Waals surface area contributed by atoms with E-state index in [1.807, 2.05) is 0 Å². The van der Waals surface area contributed by atoms with Crippen LogP contribution in [0.5, 0.6) is 0 Å². The van der Waals surface area contributed by atoms with Crippen LogP contribution in [0.1, 0.15) is 58.8 Å². The summed E-state index contributed by atoms with van der Waals surface area (Å²) in [6.07, 6.45) is 6.52. The molecule has 162 valence electrons. The number of amides is 2. The SMILES string of the molecule is CC(=O)Nc1ccc(NC(=O)[C@H](C)OC(=O)CC23C[C@H]4C[C@@H](CC(Br)(C4)C2)C3)cc1. The number of rotatable bonds is 6. The van der Waals surface area contributed by atoms with E-state index in [2.05, 4.69) is 26.6 Å². The summed E-state index contributed by atoms with van der Waals surface area (Å²) in [4.78, 5) is 36.2. The molecule has 0 saturated heterocycles. The van der Waals surface area contributed by atoms with Crippen LogP contribution in [0.3, 0.4) is 0 Å². The lowest BCUT2D eigenvalue weighted by Crippen LogP contribution is -2.53. The number of carbonyl (C=O) groups excluding carboxylic acids is 3. The molecule has 0 unspecified atom stereocenters. The summed E-state index contributed by atoms with van der Waals surface area (Å²) < 4.78 is 5.71. The normalized spacial score (nSPS) is 32.4.